The third-order valence-corrected chi connectivity index (χ3v) is 3.49. The quantitative estimate of drug-likeness (QED) is 0.414. The van der Waals surface area contributed by atoms with Gasteiger partial charge in [-0.3, -0.25) is 4.79 Å². The lowest BCUT2D eigenvalue weighted by atomic mass is 9.96. The van der Waals surface area contributed by atoms with Crippen molar-refractivity contribution in [2.75, 3.05) is 7.11 Å². The molecule has 2 nitrogen and oxygen atoms in total. The predicted octanol–water partition coefficient (Wildman–Crippen LogP) is 4.57. The summed E-state index contributed by atoms with van der Waals surface area (Å²) in [4.78, 5) is 11.2. The predicted molar refractivity (Wildman–Crippen MR) is 73.0 cm³/mol. The van der Waals surface area contributed by atoms with Crippen LogP contribution < -0.4 is 0 Å². The van der Waals surface area contributed by atoms with Crippen molar-refractivity contribution in [2.45, 2.75) is 72.1 Å². The van der Waals surface area contributed by atoms with E-state index >= 15 is 0 Å². The normalized spacial score (nSPS) is 14.4. The Balaban J connectivity index is 3.36. The van der Waals surface area contributed by atoms with Crippen molar-refractivity contribution >= 4 is 5.97 Å². The number of unbranched alkanes of at least 4 members (excludes halogenated alkanes) is 3. The number of rotatable bonds is 10. The maximum Gasteiger partial charge on any atom is 0.308 e. The highest BCUT2D eigenvalue weighted by molar-refractivity contribution is 5.71. The Morgan fingerprint density at radius 3 is 2.18 bits per heavy atom. The summed E-state index contributed by atoms with van der Waals surface area (Å²) in [5, 5.41) is 0. The van der Waals surface area contributed by atoms with Crippen LogP contribution in [0.4, 0.5) is 0 Å². The van der Waals surface area contributed by atoms with Gasteiger partial charge in [-0.2, -0.15) is 0 Å². The fourth-order valence-corrected chi connectivity index (χ4v) is 2.14. The topological polar surface area (TPSA) is 26.3 Å². The summed E-state index contributed by atoms with van der Waals surface area (Å²) in [7, 11) is 1.47. The standard InChI is InChI=1S/C15H30O2/c1-5-6-10-13(2)11-8-7-9-12-14(3)15(16)17-4/h13-14H,5-12H2,1-4H3. The van der Waals surface area contributed by atoms with Gasteiger partial charge in [0.1, 0.15) is 0 Å². The van der Waals surface area contributed by atoms with E-state index in [0.29, 0.717) is 0 Å². The summed E-state index contributed by atoms with van der Waals surface area (Å²) in [6.45, 7) is 6.56. The van der Waals surface area contributed by atoms with Crippen LogP contribution in [0, 0.1) is 11.8 Å². The molecule has 0 heterocycles. The maximum atomic E-state index is 11.2. The largest absolute Gasteiger partial charge is 0.469 e. The molecule has 0 saturated heterocycles. The van der Waals surface area contributed by atoms with Gasteiger partial charge in [0.25, 0.3) is 0 Å². The molecule has 2 heteroatoms. The van der Waals surface area contributed by atoms with E-state index in [1.165, 1.54) is 45.6 Å². The minimum Gasteiger partial charge on any atom is -0.469 e. The second kappa shape index (κ2) is 10.6. The molecule has 2 unspecified atom stereocenters. The molecule has 0 N–H and O–H groups in total. The van der Waals surface area contributed by atoms with Crippen LogP contribution in [0.25, 0.3) is 0 Å². The van der Waals surface area contributed by atoms with Gasteiger partial charge in [-0.1, -0.05) is 65.7 Å². The van der Waals surface area contributed by atoms with E-state index in [1.807, 2.05) is 6.92 Å². The molecule has 0 aromatic rings. The molecule has 0 amide bonds. The second-order valence-electron chi connectivity index (χ2n) is 5.31. The van der Waals surface area contributed by atoms with Gasteiger partial charge in [0.15, 0.2) is 0 Å². The highest BCUT2D eigenvalue weighted by Gasteiger charge is 2.11. The molecule has 0 aromatic carbocycles. The van der Waals surface area contributed by atoms with Crippen LogP contribution in [0.15, 0.2) is 0 Å². The summed E-state index contributed by atoms with van der Waals surface area (Å²) in [6, 6.07) is 0. The number of carbonyl (C=O) groups excluding carboxylic acids is 1. The van der Waals surface area contributed by atoms with Crippen LogP contribution in [0.1, 0.15) is 72.1 Å². The van der Waals surface area contributed by atoms with Gasteiger partial charge in [0.2, 0.25) is 0 Å². The molecular formula is C15H30O2. The fraction of sp³-hybridized carbons (Fsp3) is 0.933. The maximum absolute atomic E-state index is 11.2. The molecule has 0 fully saturated rings. The lowest BCUT2D eigenvalue weighted by molar-refractivity contribution is -0.145. The van der Waals surface area contributed by atoms with E-state index in [4.69, 9.17) is 4.74 Å². The van der Waals surface area contributed by atoms with E-state index in [2.05, 4.69) is 13.8 Å². The van der Waals surface area contributed by atoms with Gasteiger partial charge in [-0.15, -0.1) is 0 Å². The van der Waals surface area contributed by atoms with Crippen LogP contribution in [-0.4, -0.2) is 13.1 Å². The van der Waals surface area contributed by atoms with E-state index in [0.717, 1.165) is 18.8 Å². The highest BCUT2D eigenvalue weighted by atomic mass is 16.5. The lowest BCUT2D eigenvalue weighted by Gasteiger charge is -2.11. The zero-order valence-corrected chi connectivity index (χ0v) is 12.1. The van der Waals surface area contributed by atoms with Gasteiger partial charge < -0.3 is 4.74 Å². The van der Waals surface area contributed by atoms with E-state index in [-0.39, 0.29) is 11.9 Å². The van der Waals surface area contributed by atoms with Gasteiger partial charge >= 0.3 is 5.97 Å². The molecule has 0 aliphatic rings. The first-order valence-electron chi connectivity index (χ1n) is 7.19. The van der Waals surface area contributed by atoms with Crippen molar-refractivity contribution < 1.29 is 9.53 Å². The molecule has 17 heavy (non-hydrogen) atoms. The Morgan fingerprint density at radius 1 is 1.00 bits per heavy atom. The molecule has 0 bridgehead atoms. The number of ether oxygens (including phenoxy) is 1. The first-order chi connectivity index (χ1) is 8.11. The van der Waals surface area contributed by atoms with Gasteiger partial charge in [-0.25, -0.2) is 0 Å². The van der Waals surface area contributed by atoms with Crippen molar-refractivity contribution in [1.82, 2.24) is 0 Å². The SMILES string of the molecule is CCCCC(C)CCCCCC(C)C(=O)OC. The number of carbonyl (C=O) groups is 1. The molecule has 0 rings (SSSR count). The fourth-order valence-electron chi connectivity index (χ4n) is 2.14. The zero-order chi connectivity index (χ0) is 13.1. The zero-order valence-electron chi connectivity index (χ0n) is 12.1. The highest BCUT2D eigenvalue weighted by Crippen LogP contribution is 2.17. The smallest absolute Gasteiger partial charge is 0.308 e. The summed E-state index contributed by atoms with van der Waals surface area (Å²) < 4.78 is 4.71. The summed E-state index contributed by atoms with van der Waals surface area (Å²) in [5.74, 6) is 0.867. The second-order valence-corrected chi connectivity index (χ2v) is 5.31. The minimum atomic E-state index is -0.0682. The molecule has 2 atom stereocenters. The van der Waals surface area contributed by atoms with Crippen LogP contribution in [0.3, 0.4) is 0 Å². The molecule has 0 aliphatic carbocycles. The van der Waals surface area contributed by atoms with Crippen LogP contribution >= 0.6 is 0 Å². The van der Waals surface area contributed by atoms with Crippen LogP contribution in [0.5, 0.6) is 0 Å². The molecule has 102 valence electrons. The van der Waals surface area contributed by atoms with Crippen LogP contribution in [-0.2, 0) is 9.53 Å². The first kappa shape index (κ1) is 16.5. The number of esters is 1. The van der Waals surface area contributed by atoms with Crippen LogP contribution in [0.2, 0.25) is 0 Å². The third-order valence-electron chi connectivity index (χ3n) is 3.49. The Bertz CT molecular complexity index is 189. The minimum absolute atomic E-state index is 0.0671. The summed E-state index contributed by atoms with van der Waals surface area (Å²) >= 11 is 0. The number of hydrogen-bond acceptors (Lipinski definition) is 2. The molecule has 0 aromatic heterocycles. The molecule has 0 saturated carbocycles. The Morgan fingerprint density at radius 2 is 1.59 bits per heavy atom. The van der Waals surface area contributed by atoms with Gasteiger partial charge in [-0.05, 0) is 12.3 Å². The van der Waals surface area contributed by atoms with Crippen molar-refractivity contribution in [1.29, 1.82) is 0 Å². The van der Waals surface area contributed by atoms with Crippen molar-refractivity contribution in [3.05, 3.63) is 0 Å². The molecule has 0 aliphatic heterocycles. The Hall–Kier alpha value is -0.530. The molecule has 0 radical (unpaired) electrons. The molecule has 0 spiro atoms. The van der Waals surface area contributed by atoms with Gasteiger partial charge in [0.05, 0.1) is 13.0 Å². The van der Waals surface area contributed by atoms with E-state index < -0.39 is 0 Å². The average molecular weight is 242 g/mol. The lowest BCUT2D eigenvalue weighted by Crippen LogP contribution is -2.12. The monoisotopic (exact) mass is 242 g/mol. The first-order valence-corrected chi connectivity index (χ1v) is 7.19. The Labute approximate surface area is 107 Å². The van der Waals surface area contributed by atoms with Gasteiger partial charge in [0, 0.05) is 0 Å². The number of hydrogen-bond donors (Lipinski definition) is 0. The number of methoxy groups -OCH3 is 1. The third kappa shape index (κ3) is 9.20. The summed E-state index contributed by atoms with van der Waals surface area (Å²) in [6.07, 6.45) is 10.0. The average Bonchev–Trinajstić information content (AvgIpc) is 2.34. The molecular weight excluding hydrogens is 212 g/mol. The van der Waals surface area contributed by atoms with Crippen molar-refractivity contribution in [2.24, 2.45) is 11.8 Å². The summed E-state index contributed by atoms with van der Waals surface area (Å²) in [5.41, 5.74) is 0. The van der Waals surface area contributed by atoms with Crippen molar-refractivity contribution in [3.8, 4) is 0 Å². The van der Waals surface area contributed by atoms with E-state index in [9.17, 15) is 4.79 Å². The van der Waals surface area contributed by atoms with Crippen molar-refractivity contribution in [3.63, 3.8) is 0 Å². The Kier molecular flexibility index (Phi) is 10.3. The van der Waals surface area contributed by atoms with E-state index in [1.54, 1.807) is 0 Å².